The van der Waals surface area contributed by atoms with E-state index >= 15 is 0 Å². The molecule has 0 spiro atoms. The average Bonchev–Trinajstić information content (AvgIpc) is 2.99. The SMILES string of the molecule is CCNC(=NCC(O)CS(=O)(=O)c1cccs1)NCCSC.I. The molecule has 0 radical (unpaired) electrons. The summed E-state index contributed by atoms with van der Waals surface area (Å²) in [6, 6.07) is 3.23. The number of guanidine groups is 1. The highest BCUT2D eigenvalue weighted by atomic mass is 127. The molecule has 0 saturated heterocycles. The molecule has 1 unspecified atom stereocenters. The molecule has 0 bridgehead atoms. The van der Waals surface area contributed by atoms with E-state index in [1.807, 2.05) is 13.2 Å². The Morgan fingerprint density at radius 1 is 1.48 bits per heavy atom. The Balaban J connectivity index is 0.00000484. The first-order chi connectivity index (χ1) is 10.5. The van der Waals surface area contributed by atoms with Crippen LogP contribution in [0.3, 0.4) is 0 Å². The van der Waals surface area contributed by atoms with E-state index in [9.17, 15) is 13.5 Å². The van der Waals surface area contributed by atoms with Crippen molar-refractivity contribution < 1.29 is 13.5 Å². The average molecular weight is 493 g/mol. The highest BCUT2D eigenvalue weighted by Crippen LogP contribution is 2.18. The van der Waals surface area contributed by atoms with Crippen LogP contribution in [0.2, 0.25) is 0 Å². The largest absolute Gasteiger partial charge is 0.390 e. The van der Waals surface area contributed by atoms with Gasteiger partial charge in [0.05, 0.1) is 18.4 Å². The van der Waals surface area contributed by atoms with Crippen molar-refractivity contribution in [1.82, 2.24) is 10.6 Å². The summed E-state index contributed by atoms with van der Waals surface area (Å²) in [5, 5.41) is 17.8. The number of halogens is 1. The Bertz CT molecular complexity index is 550. The topological polar surface area (TPSA) is 90.8 Å². The second-order valence-electron chi connectivity index (χ2n) is 4.51. The van der Waals surface area contributed by atoms with Gasteiger partial charge < -0.3 is 15.7 Å². The zero-order valence-corrected chi connectivity index (χ0v) is 18.0. The molecule has 10 heteroatoms. The van der Waals surface area contributed by atoms with Crippen molar-refractivity contribution in [2.75, 3.05) is 37.4 Å². The summed E-state index contributed by atoms with van der Waals surface area (Å²) in [5.41, 5.74) is 0. The summed E-state index contributed by atoms with van der Waals surface area (Å²) < 4.78 is 24.4. The third-order valence-electron chi connectivity index (χ3n) is 2.62. The molecule has 0 fully saturated rings. The van der Waals surface area contributed by atoms with Crippen LogP contribution >= 0.6 is 47.1 Å². The van der Waals surface area contributed by atoms with Crippen LogP contribution in [-0.4, -0.2) is 63.0 Å². The zero-order valence-electron chi connectivity index (χ0n) is 13.2. The summed E-state index contributed by atoms with van der Waals surface area (Å²) in [7, 11) is -3.44. The van der Waals surface area contributed by atoms with Crippen molar-refractivity contribution in [1.29, 1.82) is 0 Å². The molecule has 0 amide bonds. The number of hydrogen-bond donors (Lipinski definition) is 3. The third-order valence-corrected chi connectivity index (χ3v) is 6.51. The second kappa shape index (κ2) is 12.3. The van der Waals surface area contributed by atoms with E-state index in [1.54, 1.807) is 29.3 Å². The summed E-state index contributed by atoms with van der Waals surface area (Å²) in [4.78, 5) is 4.22. The number of hydrogen-bond acceptors (Lipinski definition) is 6. The first-order valence-corrected chi connectivity index (χ1v) is 10.9. The molecule has 1 heterocycles. The number of aliphatic hydroxyl groups excluding tert-OH is 1. The molecule has 1 rings (SSSR count). The van der Waals surface area contributed by atoms with Crippen LogP contribution in [0.15, 0.2) is 26.7 Å². The van der Waals surface area contributed by atoms with Gasteiger partial charge in [0.25, 0.3) is 0 Å². The minimum Gasteiger partial charge on any atom is -0.390 e. The molecule has 0 aromatic carbocycles. The molecule has 1 aromatic heterocycles. The predicted molar refractivity (Wildman–Crippen MR) is 110 cm³/mol. The van der Waals surface area contributed by atoms with Crippen molar-refractivity contribution in [3.63, 3.8) is 0 Å². The number of thiophene rings is 1. The predicted octanol–water partition coefficient (Wildman–Crippen LogP) is 1.42. The second-order valence-corrected chi connectivity index (χ2v) is 8.70. The van der Waals surface area contributed by atoms with Crippen LogP contribution in [0.5, 0.6) is 0 Å². The van der Waals surface area contributed by atoms with E-state index in [-0.39, 0.29) is 40.5 Å². The molecule has 3 N–H and O–H groups in total. The molecular formula is C13H24IN3O3S3. The Morgan fingerprint density at radius 3 is 2.78 bits per heavy atom. The Labute approximate surface area is 163 Å². The maximum Gasteiger partial charge on any atom is 0.191 e. The van der Waals surface area contributed by atoms with Gasteiger partial charge in [-0.2, -0.15) is 11.8 Å². The van der Waals surface area contributed by atoms with Crippen molar-refractivity contribution in [2.24, 2.45) is 4.99 Å². The van der Waals surface area contributed by atoms with Crippen LogP contribution in [0.1, 0.15) is 6.92 Å². The lowest BCUT2D eigenvalue weighted by atomic mass is 10.4. The molecule has 1 atom stereocenters. The summed E-state index contributed by atoms with van der Waals surface area (Å²) in [5.74, 6) is 1.21. The third kappa shape index (κ3) is 9.13. The van der Waals surface area contributed by atoms with Gasteiger partial charge in [0.15, 0.2) is 15.8 Å². The van der Waals surface area contributed by atoms with Gasteiger partial charge in [0.1, 0.15) is 4.21 Å². The van der Waals surface area contributed by atoms with Crippen molar-refractivity contribution in [3.8, 4) is 0 Å². The maximum absolute atomic E-state index is 12.1. The highest BCUT2D eigenvalue weighted by molar-refractivity contribution is 14.0. The molecule has 0 aliphatic rings. The van der Waals surface area contributed by atoms with Gasteiger partial charge in [-0.3, -0.25) is 4.99 Å². The molecule has 0 aliphatic heterocycles. The van der Waals surface area contributed by atoms with Crippen LogP contribution in [0.4, 0.5) is 0 Å². The monoisotopic (exact) mass is 493 g/mol. The fraction of sp³-hybridized carbons (Fsp3) is 0.615. The number of aliphatic imine (C=N–C) groups is 1. The maximum atomic E-state index is 12.1. The number of nitrogens with one attached hydrogen (secondary N) is 2. The van der Waals surface area contributed by atoms with Gasteiger partial charge in [0, 0.05) is 18.8 Å². The van der Waals surface area contributed by atoms with Gasteiger partial charge in [-0.25, -0.2) is 8.42 Å². The normalized spacial score (nSPS) is 13.3. The summed E-state index contributed by atoms with van der Waals surface area (Å²) in [6.45, 7) is 3.45. The molecule has 1 aromatic rings. The van der Waals surface area contributed by atoms with Crippen molar-refractivity contribution in [2.45, 2.75) is 17.2 Å². The number of sulfone groups is 1. The number of aliphatic hydroxyl groups is 1. The fourth-order valence-corrected chi connectivity index (χ4v) is 4.41. The lowest BCUT2D eigenvalue weighted by Crippen LogP contribution is -2.39. The van der Waals surface area contributed by atoms with Gasteiger partial charge in [-0.15, -0.1) is 35.3 Å². The first-order valence-electron chi connectivity index (χ1n) is 6.95. The smallest absolute Gasteiger partial charge is 0.191 e. The standard InChI is InChI=1S/C13H23N3O3S3.HI/c1-3-14-13(15-6-8-20-2)16-9-11(17)10-22(18,19)12-5-4-7-21-12;/h4-5,7,11,17H,3,6,8-10H2,1-2H3,(H2,14,15,16);1H. The fourth-order valence-electron chi connectivity index (χ4n) is 1.64. The lowest BCUT2D eigenvalue weighted by Gasteiger charge is -2.12. The molecule has 134 valence electrons. The van der Waals surface area contributed by atoms with E-state index < -0.39 is 15.9 Å². The van der Waals surface area contributed by atoms with Gasteiger partial charge >= 0.3 is 0 Å². The molecule has 23 heavy (non-hydrogen) atoms. The number of rotatable bonds is 9. The van der Waals surface area contributed by atoms with Gasteiger partial charge in [-0.1, -0.05) is 6.07 Å². The molecule has 0 saturated carbocycles. The van der Waals surface area contributed by atoms with Crippen LogP contribution < -0.4 is 10.6 Å². The van der Waals surface area contributed by atoms with Crippen LogP contribution in [0.25, 0.3) is 0 Å². The molecule has 6 nitrogen and oxygen atoms in total. The van der Waals surface area contributed by atoms with E-state index in [0.717, 1.165) is 23.6 Å². The molecule has 0 aliphatic carbocycles. The minimum absolute atomic E-state index is 0. The Kier molecular flexibility index (Phi) is 12.3. The van der Waals surface area contributed by atoms with Gasteiger partial charge in [-0.05, 0) is 24.6 Å². The number of thioether (sulfide) groups is 1. The van der Waals surface area contributed by atoms with Crippen molar-refractivity contribution in [3.05, 3.63) is 17.5 Å². The van der Waals surface area contributed by atoms with E-state index in [0.29, 0.717) is 12.5 Å². The van der Waals surface area contributed by atoms with Gasteiger partial charge in [0.2, 0.25) is 0 Å². The van der Waals surface area contributed by atoms with Crippen LogP contribution in [0, 0.1) is 0 Å². The summed E-state index contributed by atoms with van der Waals surface area (Å²) in [6.07, 6.45) is 0.994. The van der Waals surface area contributed by atoms with E-state index in [4.69, 9.17) is 0 Å². The van der Waals surface area contributed by atoms with E-state index in [2.05, 4.69) is 15.6 Å². The Hall–Kier alpha value is -0.0400. The summed E-state index contributed by atoms with van der Waals surface area (Å²) >= 11 is 2.88. The van der Waals surface area contributed by atoms with Crippen LogP contribution in [-0.2, 0) is 9.84 Å². The zero-order chi connectivity index (χ0) is 16.4. The number of nitrogens with zero attached hydrogens (tertiary/aromatic N) is 1. The first kappa shape index (κ1) is 23.0. The van der Waals surface area contributed by atoms with E-state index in [1.165, 1.54) is 0 Å². The highest BCUT2D eigenvalue weighted by Gasteiger charge is 2.20. The quantitative estimate of drug-likeness (QED) is 0.209. The Morgan fingerprint density at radius 2 is 2.22 bits per heavy atom. The minimum atomic E-state index is -3.44. The molecular weight excluding hydrogens is 469 g/mol. The van der Waals surface area contributed by atoms with Crippen molar-refractivity contribution >= 4 is 62.9 Å². The lowest BCUT2D eigenvalue weighted by molar-refractivity contribution is 0.206.